The summed E-state index contributed by atoms with van der Waals surface area (Å²) in [6.07, 6.45) is 5.15. The third-order valence-electron chi connectivity index (χ3n) is 4.66. The number of carbonyl (C=O) groups is 2. The van der Waals surface area contributed by atoms with Crippen molar-refractivity contribution in [3.63, 3.8) is 0 Å². The number of amides is 1. The molecule has 1 heterocycles. The van der Waals surface area contributed by atoms with Gasteiger partial charge in [-0.25, -0.2) is 13.2 Å². The van der Waals surface area contributed by atoms with E-state index in [0.29, 0.717) is 6.42 Å². The maximum atomic E-state index is 12.5. The van der Waals surface area contributed by atoms with Crippen LogP contribution in [0, 0.1) is 6.92 Å². The Balaban J connectivity index is 1.53. The van der Waals surface area contributed by atoms with Gasteiger partial charge in [0.05, 0.1) is 11.5 Å². The number of hydrogen-bond donors (Lipinski definition) is 0. The van der Waals surface area contributed by atoms with Crippen LogP contribution in [-0.4, -0.2) is 55.4 Å². The molecule has 2 aliphatic rings. The molecule has 140 valence electrons. The molecule has 0 aromatic heterocycles. The zero-order chi connectivity index (χ0) is 18.7. The summed E-state index contributed by atoms with van der Waals surface area (Å²) in [6.45, 7) is 1.62. The van der Waals surface area contributed by atoms with E-state index < -0.39 is 15.8 Å². The lowest BCUT2D eigenvalue weighted by Gasteiger charge is -2.28. The van der Waals surface area contributed by atoms with Crippen molar-refractivity contribution in [1.82, 2.24) is 4.90 Å². The summed E-state index contributed by atoms with van der Waals surface area (Å²) in [5.74, 6) is -0.774. The first-order chi connectivity index (χ1) is 12.3. The van der Waals surface area contributed by atoms with Crippen LogP contribution >= 0.6 is 0 Å². The van der Waals surface area contributed by atoms with Crippen molar-refractivity contribution in [1.29, 1.82) is 0 Å². The molecule has 3 rings (SSSR count). The lowest BCUT2D eigenvalue weighted by atomic mass is 10.1. The van der Waals surface area contributed by atoms with Crippen molar-refractivity contribution in [2.24, 2.45) is 0 Å². The van der Waals surface area contributed by atoms with Crippen molar-refractivity contribution >= 4 is 27.8 Å². The van der Waals surface area contributed by atoms with E-state index in [0.717, 1.165) is 24.0 Å². The van der Waals surface area contributed by atoms with E-state index in [2.05, 4.69) is 0 Å². The fraction of sp³-hybridized carbons (Fsp3) is 0.474. The second kappa shape index (κ2) is 7.61. The summed E-state index contributed by atoms with van der Waals surface area (Å²) in [6, 6.07) is 7.46. The predicted octanol–water partition coefficient (Wildman–Crippen LogP) is 1.73. The molecule has 0 bridgehead atoms. The van der Waals surface area contributed by atoms with Crippen LogP contribution in [0.25, 0.3) is 6.08 Å². The van der Waals surface area contributed by atoms with Crippen LogP contribution in [0.15, 0.2) is 30.3 Å². The third kappa shape index (κ3) is 4.94. The minimum absolute atomic E-state index is 0.0104. The minimum atomic E-state index is -3.07. The SMILES string of the molecule is Cc1ccc(/C=C/C(=O)OCC(=O)N(C2CC2)[C@@H]2CCS(=O)(=O)C2)cc1. The Kier molecular flexibility index (Phi) is 5.46. The van der Waals surface area contributed by atoms with E-state index in [9.17, 15) is 18.0 Å². The molecule has 6 nitrogen and oxygen atoms in total. The highest BCUT2D eigenvalue weighted by Gasteiger charge is 2.42. The van der Waals surface area contributed by atoms with Gasteiger partial charge in [-0.1, -0.05) is 29.8 Å². The van der Waals surface area contributed by atoms with Gasteiger partial charge in [0.2, 0.25) is 0 Å². The van der Waals surface area contributed by atoms with Crippen LogP contribution < -0.4 is 0 Å². The van der Waals surface area contributed by atoms with Crippen LogP contribution in [-0.2, 0) is 24.2 Å². The quantitative estimate of drug-likeness (QED) is 0.557. The molecule has 0 N–H and O–H groups in total. The van der Waals surface area contributed by atoms with Gasteiger partial charge in [0.25, 0.3) is 5.91 Å². The third-order valence-corrected chi connectivity index (χ3v) is 6.41. The van der Waals surface area contributed by atoms with Crippen LogP contribution in [0.1, 0.15) is 30.4 Å². The highest BCUT2D eigenvalue weighted by Crippen LogP contribution is 2.32. The predicted molar refractivity (Wildman–Crippen MR) is 98.1 cm³/mol. The van der Waals surface area contributed by atoms with E-state index in [1.54, 1.807) is 11.0 Å². The summed E-state index contributed by atoms with van der Waals surface area (Å²) in [4.78, 5) is 25.9. The van der Waals surface area contributed by atoms with Crippen molar-refractivity contribution in [2.75, 3.05) is 18.1 Å². The number of carbonyl (C=O) groups excluding carboxylic acids is 2. The molecule has 1 aliphatic carbocycles. The minimum Gasteiger partial charge on any atom is -0.452 e. The van der Waals surface area contributed by atoms with E-state index in [1.165, 1.54) is 6.08 Å². The lowest BCUT2D eigenvalue weighted by molar-refractivity contribution is -0.149. The molecule has 1 aromatic carbocycles. The van der Waals surface area contributed by atoms with Gasteiger partial charge in [-0.2, -0.15) is 0 Å². The molecule has 1 atom stereocenters. The molecule has 1 amide bonds. The van der Waals surface area contributed by atoms with Crippen molar-refractivity contribution in [3.05, 3.63) is 41.5 Å². The summed E-state index contributed by atoms with van der Waals surface area (Å²) in [5.41, 5.74) is 2.00. The Hall–Kier alpha value is -2.15. The first kappa shape index (κ1) is 18.6. The number of esters is 1. The zero-order valence-electron chi connectivity index (χ0n) is 14.8. The number of ether oxygens (including phenoxy) is 1. The topological polar surface area (TPSA) is 80.8 Å². The average Bonchev–Trinajstić information content (AvgIpc) is 3.36. The highest BCUT2D eigenvalue weighted by molar-refractivity contribution is 7.91. The largest absolute Gasteiger partial charge is 0.452 e. The van der Waals surface area contributed by atoms with E-state index >= 15 is 0 Å². The van der Waals surface area contributed by atoms with Gasteiger partial charge in [0.15, 0.2) is 16.4 Å². The van der Waals surface area contributed by atoms with Gasteiger partial charge in [-0.05, 0) is 37.8 Å². The normalized spacial score (nSPS) is 21.7. The standard InChI is InChI=1S/C19H23NO5S/c1-14-2-4-15(5-3-14)6-9-19(22)25-12-18(21)20(16-7-8-16)17-10-11-26(23,24)13-17/h2-6,9,16-17H,7-8,10-13H2,1H3/b9-6+/t17-/m1/s1. The molecule has 0 spiro atoms. The number of rotatable bonds is 6. The molecule has 2 fully saturated rings. The molecule has 0 unspecified atom stereocenters. The van der Waals surface area contributed by atoms with Crippen LogP contribution in [0.2, 0.25) is 0 Å². The smallest absolute Gasteiger partial charge is 0.331 e. The van der Waals surface area contributed by atoms with E-state index in [1.807, 2.05) is 31.2 Å². The maximum absolute atomic E-state index is 12.5. The molecule has 0 radical (unpaired) electrons. The maximum Gasteiger partial charge on any atom is 0.331 e. The highest BCUT2D eigenvalue weighted by atomic mass is 32.2. The number of hydrogen-bond acceptors (Lipinski definition) is 5. The van der Waals surface area contributed by atoms with E-state index in [-0.39, 0.29) is 36.1 Å². The monoisotopic (exact) mass is 377 g/mol. The number of aryl methyl sites for hydroxylation is 1. The fourth-order valence-electron chi connectivity index (χ4n) is 3.15. The fourth-order valence-corrected chi connectivity index (χ4v) is 4.86. The molecular formula is C19H23NO5S. The first-order valence-electron chi connectivity index (χ1n) is 8.77. The van der Waals surface area contributed by atoms with Gasteiger partial charge in [-0.3, -0.25) is 4.79 Å². The van der Waals surface area contributed by atoms with Gasteiger partial charge < -0.3 is 9.64 Å². The molecule has 26 heavy (non-hydrogen) atoms. The average molecular weight is 377 g/mol. The second-order valence-corrected chi connectivity index (χ2v) is 9.17. The zero-order valence-corrected chi connectivity index (χ0v) is 15.6. The van der Waals surface area contributed by atoms with Crippen molar-refractivity contribution < 1.29 is 22.7 Å². The Bertz CT molecular complexity index is 809. The van der Waals surface area contributed by atoms with Crippen LogP contribution in [0.3, 0.4) is 0 Å². The Morgan fingerprint density at radius 1 is 1.15 bits per heavy atom. The van der Waals surface area contributed by atoms with Gasteiger partial charge in [0.1, 0.15) is 0 Å². The molecule has 1 saturated heterocycles. The van der Waals surface area contributed by atoms with Crippen LogP contribution in [0.5, 0.6) is 0 Å². The van der Waals surface area contributed by atoms with Crippen molar-refractivity contribution in [2.45, 2.75) is 38.3 Å². The summed E-state index contributed by atoms with van der Waals surface area (Å²) in [5, 5.41) is 0. The molecular weight excluding hydrogens is 354 g/mol. The van der Waals surface area contributed by atoms with Gasteiger partial charge in [0, 0.05) is 18.2 Å². The summed E-state index contributed by atoms with van der Waals surface area (Å²) < 4.78 is 28.4. The van der Waals surface area contributed by atoms with E-state index in [4.69, 9.17) is 4.74 Å². The Labute approximate surface area is 153 Å². The number of benzene rings is 1. The summed E-state index contributed by atoms with van der Waals surface area (Å²) in [7, 11) is -3.07. The first-order valence-corrected chi connectivity index (χ1v) is 10.6. The lowest BCUT2D eigenvalue weighted by Crippen LogP contribution is -2.44. The Morgan fingerprint density at radius 3 is 2.42 bits per heavy atom. The van der Waals surface area contributed by atoms with Crippen LogP contribution in [0.4, 0.5) is 0 Å². The summed E-state index contributed by atoms with van der Waals surface area (Å²) >= 11 is 0. The van der Waals surface area contributed by atoms with Gasteiger partial charge >= 0.3 is 5.97 Å². The second-order valence-electron chi connectivity index (χ2n) is 6.94. The molecule has 1 saturated carbocycles. The Morgan fingerprint density at radius 2 is 1.85 bits per heavy atom. The molecule has 1 aromatic rings. The number of nitrogens with zero attached hydrogens (tertiary/aromatic N) is 1. The van der Waals surface area contributed by atoms with Gasteiger partial charge in [-0.15, -0.1) is 0 Å². The van der Waals surface area contributed by atoms with Crippen molar-refractivity contribution in [3.8, 4) is 0 Å². The number of sulfone groups is 1. The molecule has 1 aliphatic heterocycles. The molecule has 7 heteroatoms.